The van der Waals surface area contributed by atoms with Gasteiger partial charge in [0.2, 0.25) is 5.91 Å². The fraction of sp³-hybridized carbons (Fsp3) is 0.500. The van der Waals surface area contributed by atoms with Gasteiger partial charge >= 0.3 is 0 Å². The Morgan fingerprint density at radius 1 is 1.60 bits per heavy atom. The second kappa shape index (κ2) is 7.76. The van der Waals surface area contributed by atoms with E-state index in [2.05, 4.69) is 10.6 Å². The van der Waals surface area contributed by atoms with E-state index in [-0.39, 0.29) is 11.9 Å². The molecule has 110 valence electrons. The number of ether oxygens (including phenoxy) is 1. The number of thioether (sulfide) groups is 1. The van der Waals surface area contributed by atoms with Crippen LogP contribution in [0.15, 0.2) is 18.2 Å². The molecule has 6 heteroatoms. The molecule has 1 aliphatic heterocycles. The Balaban J connectivity index is 1.86. The summed E-state index contributed by atoms with van der Waals surface area (Å²) in [5.74, 6) is 2.84. The minimum atomic E-state index is 0.0342. The first-order valence-electron chi connectivity index (χ1n) is 6.60. The molecule has 0 spiro atoms. The third-order valence-electron chi connectivity index (χ3n) is 3.19. The number of rotatable bonds is 5. The number of carbonyl (C=O) groups is 1. The van der Waals surface area contributed by atoms with Crippen LogP contribution in [0.5, 0.6) is 5.75 Å². The van der Waals surface area contributed by atoms with Crippen molar-refractivity contribution < 1.29 is 9.53 Å². The molecule has 1 aromatic rings. The molecule has 1 fully saturated rings. The largest absolute Gasteiger partial charge is 0.496 e. The van der Waals surface area contributed by atoms with Crippen molar-refractivity contribution in [2.45, 2.75) is 19.0 Å². The van der Waals surface area contributed by atoms with E-state index in [0.717, 1.165) is 23.6 Å². The van der Waals surface area contributed by atoms with Crippen molar-refractivity contribution in [1.82, 2.24) is 10.6 Å². The molecule has 1 heterocycles. The van der Waals surface area contributed by atoms with E-state index in [1.54, 1.807) is 13.2 Å². The van der Waals surface area contributed by atoms with E-state index >= 15 is 0 Å². The normalized spacial score (nSPS) is 18.6. The second-order valence-electron chi connectivity index (χ2n) is 4.63. The fourth-order valence-corrected chi connectivity index (χ4v) is 3.32. The van der Waals surface area contributed by atoms with Gasteiger partial charge in [-0.3, -0.25) is 4.79 Å². The minimum Gasteiger partial charge on any atom is -0.496 e. The van der Waals surface area contributed by atoms with E-state index in [1.165, 1.54) is 0 Å². The number of halogens is 1. The molecule has 2 N–H and O–H groups in total. The topological polar surface area (TPSA) is 50.4 Å². The third-order valence-corrected chi connectivity index (χ3v) is 4.67. The molecule has 1 aliphatic rings. The first kappa shape index (κ1) is 15.5. The lowest BCUT2D eigenvalue weighted by Crippen LogP contribution is -2.41. The van der Waals surface area contributed by atoms with E-state index in [0.29, 0.717) is 23.7 Å². The maximum Gasteiger partial charge on any atom is 0.221 e. The van der Waals surface area contributed by atoms with Crippen molar-refractivity contribution in [3.63, 3.8) is 0 Å². The Kier molecular flexibility index (Phi) is 6.01. The molecule has 20 heavy (non-hydrogen) atoms. The Labute approximate surface area is 128 Å². The van der Waals surface area contributed by atoms with Crippen LogP contribution in [0.2, 0.25) is 5.02 Å². The summed E-state index contributed by atoms with van der Waals surface area (Å²) < 4.78 is 5.26. The van der Waals surface area contributed by atoms with Gasteiger partial charge in [-0.05, 0) is 12.1 Å². The van der Waals surface area contributed by atoms with Crippen LogP contribution in [0.1, 0.15) is 12.0 Å². The van der Waals surface area contributed by atoms with Crippen molar-refractivity contribution in [2.75, 3.05) is 25.2 Å². The SMILES string of the molecule is COc1cccc(Cl)c1CNC(=O)CC1CSCCN1. The highest BCUT2D eigenvalue weighted by Gasteiger charge is 2.17. The van der Waals surface area contributed by atoms with Crippen LogP contribution in [-0.2, 0) is 11.3 Å². The van der Waals surface area contributed by atoms with Crippen LogP contribution in [0, 0.1) is 0 Å². The van der Waals surface area contributed by atoms with Gasteiger partial charge in [0.25, 0.3) is 0 Å². The Bertz CT molecular complexity index is 464. The van der Waals surface area contributed by atoms with Gasteiger partial charge < -0.3 is 15.4 Å². The van der Waals surface area contributed by atoms with E-state index < -0.39 is 0 Å². The molecule has 0 bridgehead atoms. The molecule has 0 aliphatic carbocycles. The highest BCUT2D eigenvalue weighted by atomic mass is 35.5. The maximum absolute atomic E-state index is 12.0. The van der Waals surface area contributed by atoms with Crippen molar-refractivity contribution in [2.24, 2.45) is 0 Å². The van der Waals surface area contributed by atoms with E-state index in [4.69, 9.17) is 16.3 Å². The smallest absolute Gasteiger partial charge is 0.221 e. The molecule has 0 aromatic heterocycles. The number of amides is 1. The molecule has 0 radical (unpaired) electrons. The number of carbonyl (C=O) groups excluding carboxylic acids is 1. The summed E-state index contributed by atoms with van der Waals surface area (Å²) in [6.07, 6.45) is 0.500. The second-order valence-corrected chi connectivity index (χ2v) is 6.18. The summed E-state index contributed by atoms with van der Waals surface area (Å²) in [4.78, 5) is 12.0. The van der Waals surface area contributed by atoms with Gasteiger partial charge in [0.15, 0.2) is 0 Å². The number of methoxy groups -OCH3 is 1. The predicted molar refractivity (Wildman–Crippen MR) is 83.6 cm³/mol. The Morgan fingerprint density at radius 3 is 3.15 bits per heavy atom. The highest BCUT2D eigenvalue weighted by molar-refractivity contribution is 7.99. The van der Waals surface area contributed by atoms with Crippen LogP contribution in [0.3, 0.4) is 0 Å². The summed E-state index contributed by atoms with van der Waals surface area (Å²) in [6, 6.07) is 5.73. The van der Waals surface area contributed by atoms with Gasteiger partial charge in [-0.2, -0.15) is 11.8 Å². The Hall–Kier alpha value is -0.910. The first-order chi connectivity index (χ1) is 9.70. The van der Waals surface area contributed by atoms with Gasteiger partial charge in [-0.1, -0.05) is 17.7 Å². The first-order valence-corrected chi connectivity index (χ1v) is 8.13. The number of hydrogen-bond acceptors (Lipinski definition) is 4. The average Bonchev–Trinajstić information content (AvgIpc) is 2.46. The molecule has 1 saturated heterocycles. The number of nitrogens with one attached hydrogen (secondary N) is 2. The maximum atomic E-state index is 12.0. The molecule has 1 unspecified atom stereocenters. The summed E-state index contributed by atoms with van der Waals surface area (Å²) >= 11 is 8.02. The molecule has 1 aromatic carbocycles. The quantitative estimate of drug-likeness (QED) is 0.873. The van der Waals surface area contributed by atoms with Gasteiger partial charge in [0.05, 0.1) is 7.11 Å². The molecular formula is C14H19ClN2O2S. The summed E-state index contributed by atoms with van der Waals surface area (Å²) in [7, 11) is 1.60. The highest BCUT2D eigenvalue weighted by Crippen LogP contribution is 2.25. The van der Waals surface area contributed by atoms with Crippen molar-refractivity contribution in [1.29, 1.82) is 0 Å². The molecule has 1 atom stereocenters. The van der Waals surface area contributed by atoms with Crippen molar-refractivity contribution >= 4 is 29.3 Å². The summed E-state index contributed by atoms with van der Waals surface area (Å²) in [5.41, 5.74) is 0.816. The zero-order valence-electron chi connectivity index (χ0n) is 11.4. The van der Waals surface area contributed by atoms with Crippen LogP contribution >= 0.6 is 23.4 Å². The monoisotopic (exact) mass is 314 g/mol. The fourth-order valence-electron chi connectivity index (χ4n) is 2.14. The molecule has 0 saturated carbocycles. The summed E-state index contributed by atoms with van der Waals surface area (Å²) in [5, 5.41) is 6.87. The third kappa shape index (κ3) is 4.30. The van der Waals surface area contributed by atoms with Gasteiger partial charge in [0, 0.05) is 47.6 Å². The van der Waals surface area contributed by atoms with Gasteiger partial charge in [-0.15, -0.1) is 0 Å². The van der Waals surface area contributed by atoms with Gasteiger partial charge in [-0.25, -0.2) is 0 Å². The van der Waals surface area contributed by atoms with Crippen molar-refractivity contribution in [3.8, 4) is 5.75 Å². The molecule has 1 amide bonds. The van der Waals surface area contributed by atoms with E-state index in [9.17, 15) is 4.79 Å². The van der Waals surface area contributed by atoms with E-state index in [1.807, 2.05) is 23.9 Å². The lowest BCUT2D eigenvalue weighted by molar-refractivity contribution is -0.121. The van der Waals surface area contributed by atoms with Crippen LogP contribution in [0.25, 0.3) is 0 Å². The summed E-state index contributed by atoms with van der Waals surface area (Å²) in [6.45, 7) is 1.36. The zero-order chi connectivity index (χ0) is 14.4. The standard InChI is InChI=1S/C14H19ClN2O2S/c1-19-13-4-2-3-12(15)11(13)8-17-14(18)7-10-9-20-6-5-16-10/h2-4,10,16H,5-9H2,1H3,(H,17,18). The van der Waals surface area contributed by atoms with Crippen molar-refractivity contribution in [3.05, 3.63) is 28.8 Å². The number of benzene rings is 1. The lowest BCUT2D eigenvalue weighted by atomic mass is 10.2. The minimum absolute atomic E-state index is 0.0342. The average molecular weight is 315 g/mol. The van der Waals surface area contributed by atoms with Crippen LogP contribution < -0.4 is 15.4 Å². The predicted octanol–water partition coefficient (Wildman–Crippen LogP) is 2.06. The molecule has 2 rings (SSSR count). The van der Waals surface area contributed by atoms with Gasteiger partial charge in [0.1, 0.15) is 5.75 Å². The van der Waals surface area contributed by atoms with Crippen LogP contribution in [-0.4, -0.2) is 37.1 Å². The van der Waals surface area contributed by atoms with Crippen LogP contribution in [0.4, 0.5) is 0 Å². The number of hydrogen-bond donors (Lipinski definition) is 2. The zero-order valence-corrected chi connectivity index (χ0v) is 13.0. The Morgan fingerprint density at radius 2 is 2.45 bits per heavy atom. The lowest BCUT2D eigenvalue weighted by Gasteiger charge is -2.22. The molecular weight excluding hydrogens is 296 g/mol. The molecule has 4 nitrogen and oxygen atoms in total.